The molecule has 0 heterocycles. The van der Waals surface area contributed by atoms with Crippen molar-refractivity contribution in [3.05, 3.63) is 48.0 Å². The normalized spacial score (nSPS) is 13.5. The number of alkyl halides is 3. The number of rotatable bonds is 4. The molecular formula is C12H13F3O. The molecular weight excluding hydrogens is 217 g/mol. The third kappa shape index (κ3) is 4.06. The highest BCUT2D eigenvalue weighted by atomic mass is 19.4. The SMILES string of the molecule is C=C(CC(O)Cc1ccccc1)C(F)(F)F. The summed E-state index contributed by atoms with van der Waals surface area (Å²) in [5.41, 5.74) is -0.0825. The molecule has 0 saturated heterocycles. The minimum atomic E-state index is -4.42. The lowest BCUT2D eigenvalue weighted by Gasteiger charge is -2.14. The summed E-state index contributed by atoms with van der Waals surface area (Å²) in [7, 11) is 0. The van der Waals surface area contributed by atoms with Crippen LogP contribution in [0.2, 0.25) is 0 Å². The van der Waals surface area contributed by atoms with Crippen molar-refractivity contribution in [1.29, 1.82) is 0 Å². The number of halogens is 3. The average Bonchev–Trinajstić information content (AvgIpc) is 2.17. The molecule has 0 aliphatic carbocycles. The van der Waals surface area contributed by atoms with Crippen LogP contribution in [0.25, 0.3) is 0 Å². The number of aliphatic hydroxyl groups excluding tert-OH is 1. The lowest BCUT2D eigenvalue weighted by Crippen LogP contribution is -2.19. The van der Waals surface area contributed by atoms with Crippen molar-refractivity contribution >= 4 is 0 Å². The molecule has 0 radical (unpaired) electrons. The van der Waals surface area contributed by atoms with Crippen LogP contribution in [0.3, 0.4) is 0 Å². The lowest BCUT2D eigenvalue weighted by molar-refractivity contribution is -0.0965. The van der Waals surface area contributed by atoms with Crippen molar-refractivity contribution in [1.82, 2.24) is 0 Å². The quantitative estimate of drug-likeness (QED) is 0.788. The number of hydrogen-bond acceptors (Lipinski definition) is 1. The standard InChI is InChI=1S/C12H13F3O/c1-9(12(13,14)15)7-11(16)8-10-5-3-2-4-6-10/h2-6,11,16H,1,7-8H2. The summed E-state index contributed by atoms with van der Waals surface area (Å²) in [5.74, 6) is 0. The van der Waals surface area contributed by atoms with E-state index in [0.717, 1.165) is 5.56 Å². The number of benzene rings is 1. The first-order valence-corrected chi connectivity index (χ1v) is 4.86. The maximum Gasteiger partial charge on any atom is 0.412 e. The van der Waals surface area contributed by atoms with E-state index in [1.54, 1.807) is 24.3 Å². The van der Waals surface area contributed by atoms with Gasteiger partial charge >= 0.3 is 6.18 Å². The molecule has 0 amide bonds. The summed E-state index contributed by atoms with van der Waals surface area (Å²) >= 11 is 0. The van der Waals surface area contributed by atoms with Gasteiger partial charge in [-0.2, -0.15) is 13.2 Å². The van der Waals surface area contributed by atoms with Gasteiger partial charge in [-0.05, 0) is 12.0 Å². The van der Waals surface area contributed by atoms with Crippen LogP contribution < -0.4 is 0 Å². The Kier molecular flexibility index (Phi) is 4.12. The molecule has 1 N–H and O–H groups in total. The Morgan fingerprint density at radius 1 is 1.25 bits per heavy atom. The molecule has 0 bridgehead atoms. The molecule has 0 saturated carbocycles. The van der Waals surface area contributed by atoms with E-state index in [-0.39, 0.29) is 6.42 Å². The van der Waals surface area contributed by atoms with Crippen LogP contribution in [-0.2, 0) is 6.42 Å². The second kappa shape index (κ2) is 5.16. The van der Waals surface area contributed by atoms with Gasteiger partial charge in [-0.3, -0.25) is 0 Å². The van der Waals surface area contributed by atoms with E-state index in [1.807, 2.05) is 6.07 Å². The van der Waals surface area contributed by atoms with Gasteiger partial charge in [0, 0.05) is 12.0 Å². The molecule has 1 rings (SSSR count). The van der Waals surface area contributed by atoms with E-state index in [2.05, 4.69) is 6.58 Å². The smallest absolute Gasteiger partial charge is 0.392 e. The summed E-state index contributed by atoms with van der Waals surface area (Å²) in [6.07, 6.45) is -5.71. The van der Waals surface area contributed by atoms with Crippen molar-refractivity contribution in [3.63, 3.8) is 0 Å². The van der Waals surface area contributed by atoms with Crippen LogP contribution in [0, 0.1) is 0 Å². The van der Waals surface area contributed by atoms with Crippen LogP contribution in [0.1, 0.15) is 12.0 Å². The molecule has 1 aromatic carbocycles. The van der Waals surface area contributed by atoms with Crippen molar-refractivity contribution in [3.8, 4) is 0 Å². The third-order valence-electron chi connectivity index (χ3n) is 2.20. The fourth-order valence-electron chi connectivity index (χ4n) is 1.36. The Balaban J connectivity index is 2.49. The predicted octanol–water partition coefficient (Wildman–Crippen LogP) is 3.10. The van der Waals surface area contributed by atoms with Gasteiger partial charge in [0.05, 0.1) is 6.10 Å². The van der Waals surface area contributed by atoms with Gasteiger partial charge in [-0.15, -0.1) is 0 Å². The highest BCUT2D eigenvalue weighted by Crippen LogP contribution is 2.27. The Morgan fingerprint density at radius 3 is 2.31 bits per heavy atom. The minimum Gasteiger partial charge on any atom is -0.392 e. The van der Waals surface area contributed by atoms with E-state index in [4.69, 9.17) is 0 Å². The van der Waals surface area contributed by atoms with E-state index in [1.165, 1.54) is 0 Å². The molecule has 1 atom stereocenters. The maximum atomic E-state index is 12.1. The van der Waals surface area contributed by atoms with E-state index in [0.29, 0.717) is 0 Å². The Morgan fingerprint density at radius 2 is 1.81 bits per heavy atom. The first kappa shape index (κ1) is 12.8. The second-order valence-electron chi connectivity index (χ2n) is 3.65. The Labute approximate surface area is 92.2 Å². The predicted molar refractivity (Wildman–Crippen MR) is 56.0 cm³/mol. The summed E-state index contributed by atoms with van der Waals surface area (Å²) in [6.45, 7) is 2.92. The highest BCUT2D eigenvalue weighted by molar-refractivity contribution is 5.16. The molecule has 0 aliphatic heterocycles. The maximum absolute atomic E-state index is 12.1. The van der Waals surface area contributed by atoms with Crippen molar-refractivity contribution in [2.45, 2.75) is 25.1 Å². The summed E-state index contributed by atoms with van der Waals surface area (Å²) in [6, 6.07) is 8.89. The van der Waals surface area contributed by atoms with Crippen LogP contribution in [-0.4, -0.2) is 17.4 Å². The van der Waals surface area contributed by atoms with Gasteiger partial charge in [-0.1, -0.05) is 36.9 Å². The van der Waals surface area contributed by atoms with Crippen molar-refractivity contribution in [2.75, 3.05) is 0 Å². The average molecular weight is 230 g/mol. The molecule has 1 nitrogen and oxygen atoms in total. The second-order valence-corrected chi connectivity index (χ2v) is 3.65. The monoisotopic (exact) mass is 230 g/mol. The van der Waals surface area contributed by atoms with Gasteiger partial charge < -0.3 is 5.11 Å². The van der Waals surface area contributed by atoms with Gasteiger partial charge in [0.2, 0.25) is 0 Å². The molecule has 1 aromatic rings. The Hall–Kier alpha value is -1.29. The lowest BCUT2D eigenvalue weighted by atomic mass is 10.0. The molecule has 16 heavy (non-hydrogen) atoms. The molecule has 0 fully saturated rings. The van der Waals surface area contributed by atoms with Crippen LogP contribution in [0.4, 0.5) is 13.2 Å². The minimum absolute atomic E-state index is 0.204. The molecule has 0 aromatic heterocycles. The van der Waals surface area contributed by atoms with E-state index in [9.17, 15) is 18.3 Å². The van der Waals surface area contributed by atoms with E-state index >= 15 is 0 Å². The highest BCUT2D eigenvalue weighted by Gasteiger charge is 2.32. The Bertz CT molecular complexity index is 343. The van der Waals surface area contributed by atoms with Gasteiger partial charge in [0.1, 0.15) is 0 Å². The summed E-state index contributed by atoms with van der Waals surface area (Å²) in [4.78, 5) is 0. The van der Waals surface area contributed by atoms with E-state index < -0.39 is 24.3 Å². The summed E-state index contributed by atoms with van der Waals surface area (Å²) < 4.78 is 36.4. The first-order chi connectivity index (χ1) is 7.39. The van der Waals surface area contributed by atoms with Crippen molar-refractivity contribution < 1.29 is 18.3 Å². The summed E-state index contributed by atoms with van der Waals surface area (Å²) in [5, 5.41) is 9.48. The number of aliphatic hydroxyl groups is 1. The van der Waals surface area contributed by atoms with Crippen LogP contribution in [0.15, 0.2) is 42.5 Å². The molecule has 0 spiro atoms. The molecule has 88 valence electrons. The van der Waals surface area contributed by atoms with Gasteiger partial charge in [-0.25, -0.2) is 0 Å². The largest absolute Gasteiger partial charge is 0.412 e. The zero-order chi connectivity index (χ0) is 12.2. The van der Waals surface area contributed by atoms with Crippen molar-refractivity contribution in [2.24, 2.45) is 0 Å². The fraction of sp³-hybridized carbons (Fsp3) is 0.333. The topological polar surface area (TPSA) is 20.2 Å². The van der Waals surface area contributed by atoms with Crippen LogP contribution in [0.5, 0.6) is 0 Å². The molecule has 0 aliphatic rings. The zero-order valence-electron chi connectivity index (χ0n) is 8.67. The first-order valence-electron chi connectivity index (χ1n) is 4.86. The molecule has 4 heteroatoms. The zero-order valence-corrected chi connectivity index (χ0v) is 8.67. The fourth-order valence-corrected chi connectivity index (χ4v) is 1.36. The third-order valence-corrected chi connectivity index (χ3v) is 2.20. The van der Waals surface area contributed by atoms with Gasteiger partial charge in [0.25, 0.3) is 0 Å². The van der Waals surface area contributed by atoms with Gasteiger partial charge in [0.15, 0.2) is 0 Å². The number of hydrogen-bond donors (Lipinski definition) is 1. The molecule has 1 unspecified atom stereocenters. The van der Waals surface area contributed by atoms with Crippen LogP contribution >= 0.6 is 0 Å².